The van der Waals surface area contributed by atoms with Gasteiger partial charge in [0.2, 0.25) is 0 Å². The van der Waals surface area contributed by atoms with Gasteiger partial charge in [0.25, 0.3) is 0 Å². The van der Waals surface area contributed by atoms with Crippen LogP contribution in [0.15, 0.2) is 91.0 Å². The number of hydrogen-bond acceptors (Lipinski definition) is 3. The number of benzene rings is 3. The summed E-state index contributed by atoms with van der Waals surface area (Å²) >= 11 is 0. The van der Waals surface area contributed by atoms with E-state index in [-0.39, 0.29) is 0 Å². The summed E-state index contributed by atoms with van der Waals surface area (Å²) in [6, 6.07) is 29.2. The fraction of sp³-hybridized carbons (Fsp3) is 0.100. The van der Waals surface area contributed by atoms with Crippen LogP contribution in [0.2, 0.25) is 0 Å². The third-order valence-electron chi connectivity index (χ3n) is 4.08. The van der Waals surface area contributed by atoms with Crippen LogP contribution in [0.3, 0.4) is 0 Å². The van der Waals surface area contributed by atoms with Gasteiger partial charge in [0.05, 0.1) is 0 Å². The first-order chi connectivity index (χ1) is 11.7. The van der Waals surface area contributed by atoms with Crippen molar-refractivity contribution < 1.29 is 14.7 Å². The molecule has 0 heterocycles. The second-order valence-corrected chi connectivity index (χ2v) is 5.67. The molecule has 120 valence electrons. The molecular formula is C20H19BO3. The molecule has 4 heteroatoms. The summed E-state index contributed by atoms with van der Waals surface area (Å²) in [5, 5.41) is 19.2. The van der Waals surface area contributed by atoms with Crippen molar-refractivity contribution in [2.45, 2.75) is 12.0 Å². The van der Waals surface area contributed by atoms with Gasteiger partial charge in [-0.15, -0.1) is 0 Å². The van der Waals surface area contributed by atoms with Crippen molar-refractivity contribution in [3.63, 3.8) is 0 Å². The van der Waals surface area contributed by atoms with Gasteiger partial charge in [-0.3, -0.25) is 0 Å². The zero-order valence-corrected chi connectivity index (χ0v) is 13.2. The van der Waals surface area contributed by atoms with Crippen molar-refractivity contribution in [2.75, 3.05) is 0 Å². The molecule has 3 aromatic carbocycles. The highest BCUT2D eigenvalue weighted by atomic mass is 16.6. The van der Waals surface area contributed by atoms with Gasteiger partial charge in [-0.25, -0.2) is 0 Å². The van der Waals surface area contributed by atoms with Gasteiger partial charge in [-0.05, 0) is 16.7 Å². The molecular weight excluding hydrogens is 299 g/mol. The van der Waals surface area contributed by atoms with E-state index in [0.717, 1.165) is 16.7 Å². The average Bonchev–Trinajstić information content (AvgIpc) is 2.63. The van der Waals surface area contributed by atoms with E-state index < -0.39 is 12.9 Å². The van der Waals surface area contributed by atoms with Gasteiger partial charge < -0.3 is 14.7 Å². The monoisotopic (exact) mass is 318 g/mol. The van der Waals surface area contributed by atoms with E-state index in [1.54, 1.807) is 0 Å². The minimum Gasteiger partial charge on any atom is -0.402 e. The Morgan fingerprint density at radius 1 is 0.667 bits per heavy atom. The van der Waals surface area contributed by atoms with E-state index in [1.807, 2.05) is 91.0 Å². The number of hydrogen-bond donors (Lipinski definition) is 2. The lowest BCUT2D eigenvalue weighted by molar-refractivity contribution is 0.0494. The van der Waals surface area contributed by atoms with Gasteiger partial charge >= 0.3 is 7.32 Å². The van der Waals surface area contributed by atoms with Gasteiger partial charge in [0, 0.05) is 6.42 Å². The van der Waals surface area contributed by atoms with Gasteiger partial charge in [0.1, 0.15) is 5.60 Å². The molecule has 0 radical (unpaired) electrons. The summed E-state index contributed by atoms with van der Waals surface area (Å²) in [6.07, 6.45) is 0.486. The largest absolute Gasteiger partial charge is 0.634 e. The first kappa shape index (κ1) is 16.5. The maximum Gasteiger partial charge on any atom is 0.634 e. The van der Waals surface area contributed by atoms with E-state index in [4.69, 9.17) is 4.65 Å². The highest BCUT2D eigenvalue weighted by Gasteiger charge is 2.39. The van der Waals surface area contributed by atoms with Crippen molar-refractivity contribution in [2.24, 2.45) is 0 Å². The van der Waals surface area contributed by atoms with Crippen LogP contribution in [0.25, 0.3) is 0 Å². The molecule has 2 N–H and O–H groups in total. The molecule has 24 heavy (non-hydrogen) atoms. The standard InChI is InChI=1S/C20H19BO3/c22-21(23)24-20(18-12-6-2-7-13-18,19-14-8-3-9-15-19)16-17-10-4-1-5-11-17/h1-15,22-23H,16H2. The maximum atomic E-state index is 9.62. The molecule has 0 bridgehead atoms. The summed E-state index contributed by atoms with van der Waals surface area (Å²) in [5.41, 5.74) is 1.80. The predicted octanol–water partition coefficient (Wildman–Crippen LogP) is 3.16. The van der Waals surface area contributed by atoms with Gasteiger partial charge in [-0.1, -0.05) is 91.0 Å². The second-order valence-electron chi connectivity index (χ2n) is 5.67. The first-order valence-corrected chi connectivity index (χ1v) is 7.90. The smallest absolute Gasteiger partial charge is 0.402 e. The van der Waals surface area contributed by atoms with Crippen molar-refractivity contribution >= 4 is 7.32 Å². The lowest BCUT2D eigenvalue weighted by Crippen LogP contribution is -2.40. The molecule has 0 aliphatic carbocycles. The second kappa shape index (κ2) is 7.45. The van der Waals surface area contributed by atoms with Crippen molar-refractivity contribution in [3.8, 4) is 0 Å². The highest BCUT2D eigenvalue weighted by molar-refractivity contribution is 6.32. The van der Waals surface area contributed by atoms with Crippen LogP contribution >= 0.6 is 0 Å². The van der Waals surface area contributed by atoms with Gasteiger partial charge in [-0.2, -0.15) is 0 Å². The third-order valence-corrected chi connectivity index (χ3v) is 4.08. The summed E-state index contributed by atoms with van der Waals surface area (Å²) in [5.74, 6) is 0. The topological polar surface area (TPSA) is 49.7 Å². The van der Waals surface area contributed by atoms with Crippen molar-refractivity contribution in [1.29, 1.82) is 0 Å². The van der Waals surface area contributed by atoms with E-state index in [9.17, 15) is 10.0 Å². The van der Waals surface area contributed by atoms with Crippen molar-refractivity contribution in [3.05, 3.63) is 108 Å². The lowest BCUT2D eigenvalue weighted by atomic mass is 9.80. The van der Waals surface area contributed by atoms with E-state index in [2.05, 4.69) is 0 Å². The molecule has 0 unspecified atom stereocenters. The van der Waals surface area contributed by atoms with Crippen LogP contribution in [-0.4, -0.2) is 17.4 Å². The molecule has 0 aliphatic heterocycles. The summed E-state index contributed by atoms with van der Waals surface area (Å²) in [6.45, 7) is 0. The van der Waals surface area contributed by atoms with E-state index in [0.29, 0.717) is 6.42 Å². The Hall–Kier alpha value is -2.40. The maximum absolute atomic E-state index is 9.62. The van der Waals surface area contributed by atoms with Crippen LogP contribution in [0.4, 0.5) is 0 Å². The molecule has 0 amide bonds. The Morgan fingerprint density at radius 2 is 1.08 bits per heavy atom. The Bertz CT molecular complexity index is 706. The van der Waals surface area contributed by atoms with Crippen molar-refractivity contribution in [1.82, 2.24) is 0 Å². The Balaban J connectivity index is 2.16. The Labute approximate surface area is 142 Å². The summed E-state index contributed by atoms with van der Waals surface area (Å²) < 4.78 is 5.73. The highest BCUT2D eigenvalue weighted by Crippen LogP contribution is 2.37. The first-order valence-electron chi connectivity index (χ1n) is 7.90. The molecule has 3 rings (SSSR count). The molecule has 0 saturated carbocycles. The Kier molecular flexibility index (Phi) is 5.11. The SMILES string of the molecule is OB(O)OC(Cc1ccccc1)(c1ccccc1)c1ccccc1. The van der Waals surface area contributed by atoms with Crippen LogP contribution in [0.1, 0.15) is 16.7 Å². The molecule has 3 aromatic rings. The predicted molar refractivity (Wildman–Crippen MR) is 95.1 cm³/mol. The quantitative estimate of drug-likeness (QED) is 0.687. The number of rotatable bonds is 6. The van der Waals surface area contributed by atoms with Crippen LogP contribution < -0.4 is 0 Å². The lowest BCUT2D eigenvalue weighted by Gasteiger charge is -2.35. The minimum absolute atomic E-state index is 0.486. The van der Waals surface area contributed by atoms with E-state index in [1.165, 1.54) is 0 Å². The molecule has 3 nitrogen and oxygen atoms in total. The van der Waals surface area contributed by atoms with Crippen LogP contribution in [0, 0.1) is 0 Å². The zero-order valence-electron chi connectivity index (χ0n) is 13.2. The molecule has 0 spiro atoms. The summed E-state index contributed by atoms with van der Waals surface area (Å²) in [4.78, 5) is 0. The van der Waals surface area contributed by atoms with Crippen LogP contribution in [0.5, 0.6) is 0 Å². The van der Waals surface area contributed by atoms with Crippen LogP contribution in [-0.2, 0) is 16.7 Å². The molecule has 0 aliphatic rings. The molecule has 0 atom stereocenters. The Morgan fingerprint density at radius 3 is 1.50 bits per heavy atom. The molecule has 0 saturated heterocycles. The van der Waals surface area contributed by atoms with Gasteiger partial charge in [0.15, 0.2) is 0 Å². The van der Waals surface area contributed by atoms with E-state index >= 15 is 0 Å². The normalized spacial score (nSPS) is 11.2. The molecule has 0 fully saturated rings. The molecule has 0 aromatic heterocycles. The fourth-order valence-electron chi connectivity index (χ4n) is 3.03. The summed E-state index contributed by atoms with van der Waals surface area (Å²) in [7, 11) is -1.88. The average molecular weight is 318 g/mol. The minimum atomic E-state index is -1.88. The fourth-order valence-corrected chi connectivity index (χ4v) is 3.03. The zero-order chi connectivity index (χ0) is 16.8. The third kappa shape index (κ3) is 3.57.